The van der Waals surface area contributed by atoms with Crippen molar-refractivity contribution < 1.29 is 4.74 Å². The third kappa shape index (κ3) is 3.68. The maximum Gasteiger partial charge on any atom is 0.145 e. The van der Waals surface area contributed by atoms with Crippen molar-refractivity contribution in [2.75, 3.05) is 5.32 Å². The van der Waals surface area contributed by atoms with Crippen LogP contribution in [0.5, 0.6) is 5.75 Å². The zero-order valence-electron chi connectivity index (χ0n) is 10.8. The molecule has 0 radical (unpaired) electrons. The largest absolute Gasteiger partial charge is 0.491 e. The number of nitriles is 1. The van der Waals surface area contributed by atoms with Crippen LogP contribution in [0.25, 0.3) is 0 Å². The van der Waals surface area contributed by atoms with E-state index in [9.17, 15) is 0 Å². The Bertz CT molecular complexity index is 587. The van der Waals surface area contributed by atoms with Gasteiger partial charge in [-0.3, -0.25) is 0 Å². The van der Waals surface area contributed by atoms with Gasteiger partial charge in [-0.25, -0.2) is 9.97 Å². The van der Waals surface area contributed by atoms with Crippen molar-refractivity contribution in [3.63, 3.8) is 0 Å². The van der Waals surface area contributed by atoms with Gasteiger partial charge in [0.25, 0.3) is 0 Å². The van der Waals surface area contributed by atoms with Gasteiger partial charge in [0.2, 0.25) is 0 Å². The van der Waals surface area contributed by atoms with Crippen LogP contribution in [-0.4, -0.2) is 16.1 Å². The summed E-state index contributed by atoms with van der Waals surface area (Å²) < 4.78 is 5.56. The lowest BCUT2D eigenvalue weighted by atomic mass is 10.3. The fraction of sp³-hybridized carbons (Fsp3) is 0.214. The fourth-order valence-electron chi connectivity index (χ4n) is 1.52. The van der Waals surface area contributed by atoms with Gasteiger partial charge in [-0.15, -0.1) is 0 Å². The maximum atomic E-state index is 8.76. The third-order valence-electron chi connectivity index (χ3n) is 2.28. The Morgan fingerprint density at radius 2 is 1.95 bits per heavy atom. The minimum Gasteiger partial charge on any atom is -0.491 e. The predicted octanol–water partition coefficient (Wildman–Crippen LogP) is 2.88. The molecule has 5 nitrogen and oxygen atoms in total. The zero-order chi connectivity index (χ0) is 13.7. The van der Waals surface area contributed by atoms with Gasteiger partial charge in [-0.1, -0.05) is 0 Å². The monoisotopic (exact) mass is 254 g/mol. The van der Waals surface area contributed by atoms with Crippen LogP contribution in [0.3, 0.4) is 0 Å². The second-order valence-corrected chi connectivity index (χ2v) is 4.22. The van der Waals surface area contributed by atoms with Gasteiger partial charge in [0.05, 0.1) is 6.10 Å². The fourth-order valence-corrected chi connectivity index (χ4v) is 1.52. The summed E-state index contributed by atoms with van der Waals surface area (Å²) in [6, 6.07) is 11.1. The number of anilines is 2. The topological polar surface area (TPSA) is 70.8 Å². The second-order valence-electron chi connectivity index (χ2n) is 4.22. The highest BCUT2D eigenvalue weighted by Gasteiger charge is 2.00. The standard InChI is InChI=1S/C14H14N4O/c1-10(2)19-13-5-3-11(4-6-13)18-14-7-12(8-15)16-9-17-14/h3-7,9-10H,1-2H3,(H,16,17,18). The molecule has 0 aliphatic heterocycles. The molecule has 2 aromatic rings. The number of rotatable bonds is 4. The van der Waals surface area contributed by atoms with E-state index in [1.165, 1.54) is 6.33 Å². The van der Waals surface area contributed by atoms with Gasteiger partial charge in [0.15, 0.2) is 0 Å². The highest BCUT2D eigenvalue weighted by molar-refractivity contribution is 5.57. The molecule has 96 valence electrons. The minimum atomic E-state index is 0.152. The molecule has 0 spiro atoms. The van der Waals surface area contributed by atoms with E-state index in [1.54, 1.807) is 6.07 Å². The van der Waals surface area contributed by atoms with Crippen molar-refractivity contribution in [1.82, 2.24) is 9.97 Å². The number of aromatic nitrogens is 2. The molecule has 5 heteroatoms. The highest BCUT2D eigenvalue weighted by Crippen LogP contribution is 2.19. The van der Waals surface area contributed by atoms with Crippen LogP contribution in [0.15, 0.2) is 36.7 Å². The SMILES string of the molecule is CC(C)Oc1ccc(Nc2cc(C#N)ncn2)cc1. The second kappa shape index (κ2) is 5.83. The number of nitrogens with one attached hydrogen (secondary N) is 1. The summed E-state index contributed by atoms with van der Waals surface area (Å²) in [7, 11) is 0. The minimum absolute atomic E-state index is 0.152. The lowest BCUT2D eigenvalue weighted by Gasteiger charge is -2.10. The van der Waals surface area contributed by atoms with Gasteiger partial charge in [0, 0.05) is 11.8 Å². The molecule has 1 N–H and O–H groups in total. The molecule has 0 aliphatic carbocycles. The Balaban J connectivity index is 2.09. The van der Waals surface area contributed by atoms with Crippen molar-refractivity contribution in [3.8, 4) is 11.8 Å². The van der Waals surface area contributed by atoms with Crippen LogP contribution in [0.2, 0.25) is 0 Å². The summed E-state index contributed by atoms with van der Waals surface area (Å²) in [5.41, 5.74) is 1.20. The normalized spacial score (nSPS) is 10.0. The van der Waals surface area contributed by atoms with Gasteiger partial charge in [-0.2, -0.15) is 5.26 Å². The van der Waals surface area contributed by atoms with Gasteiger partial charge in [-0.05, 0) is 38.1 Å². The first-order valence-corrected chi connectivity index (χ1v) is 5.93. The van der Waals surface area contributed by atoms with Crippen molar-refractivity contribution in [2.45, 2.75) is 20.0 Å². The number of hydrogen-bond acceptors (Lipinski definition) is 5. The van der Waals surface area contributed by atoms with Crippen molar-refractivity contribution in [1.29, 1.82) is 5.26 Å². The van der Waals surface area contributed by atoms with E-state index >= 15 is 0 Å². The average molecular weight is 254 g/mol. The molecular weight excluding hydrogens is 240 g/mol. The first-order valence-electron chi connectivity index (χ1n) is 5.93. The molecule has 0 atom stereocenters. The maximum absolute atomic E-state index is 8.76. The Hall–Kier alpha value is -2.61. The Morgan fingerprint density at radius 1 is 1.21 bits per heavy atom. The van der Waals surface area contributed by atoms with Crippen LogP contribution in [0, 0.1) is 11.3 Å². The first kappa shape index (κ1) is 12.8. The summed E-state index contributed by atoms with van der Waals surface area (Å²) in [5.74, 6) is 1.41. The quantitative estimate of drug-likeness (QED) is 0.908. The van der Waals surface area contributed by atoms with Gasteiger partial charge in [0.1, 0.15) is 29.7 Å². The van der Waals surface area contributed by atoms with E-state index in [-0.39, 0.29) is 6.10 Å². The molecule has 0 saturated heterocycles. The molecule has 0 fully saturated rings. The molecule has 0 amide bonds. The third-order valence-corrected chi connectivity index (χ3v) is 2.28. The van der Waals surface area contributed by atoms with Crippen LogP contribution in [-0.2, 0) is 0 Å². The zero-order valence-corrected chi connectivity index (χ0v) is 10.8. The van der Waals surface area contributed by atoms with E-state index in [0.717, 1.165) is 11.4 Å². The molecule has 1 heterocycles. The Kier molecular flexibility index (Phi) is 3.94. The average Bonchev–Trinajstić information content (AvgIpc) is 2.41. The van der Waals surface area contributed by atoms with Crippen molar-refractivity contribution in [2.24, 2.45) is 0 Å². The van der Waals surface area contributed by atoms with Crippen LogP contribution < -0.4 is 10.1 Å². The molecule has 0 saturated carbocycles. The van der Waals surface area contributed by atoms with Crippen LogP contribution in [0.4, 0.5) is 11.5 Å². The summed E-state index contributed by atoms with van der Waals surface area (Å²) in [6.45, 7) is 3.97. The summed E-state index contributed by atoms with van der Waals surface area (Å²) in [4.78, 5) is 7.86. The number of ether oxygens (including phenoxy) is 1. The van der Waals surface area contributed by atoms with E-state index in [2.05, 4.69) is 15.3 Å². The summed E-state index contributed by atoms with van der Waals surface area (Å²) in [6.07, 6.45) is 1.51. The summed E-state index contributed by atoms with van der Waals surface area (Å²) in [5, 5.41) is 11.9. The lowest BCUT2D eigenvalue weighted by molar-refractivity contribution is 0.242. The van der Waals surface area contributed by atoms with E-state index in [1.807, 2.05) is 44.2 Å². The molecule has 19 heavy (non-hydrogen) atoms. The number of nitrogens with zero attached hydrogens (tertiary/aromatic N) is 3. The molecule has 1 aromatic heterocycles. The first-order chi connectivity index (χ1) is 9.17. The molecule has 0 unspecified atom stereocenters. The molecule has 0 aliphatic rings. The molecular formula is C14H14N4O. The Morgan fingerprint density at radius 3 is 2.58 bits per heavy atom. The lowest BCUT2D eigenvalue weighted by Crippen LogP contribution is -2.05. The van der Waals surface area contributed by atoms with E-state index in [0.29, 0.717) is 11.5 Å². The number of hydrogen-bond donors (Lipinski definition) is 1. The Labute approximate surface area is 111 Å². The van der Waals surface area contributed by atoms with Gasteiger partial charge < -0.3 is 10.1 Å². The smallest absolute Gasteiger partial charge is 0.145 e. The predicted molar refractivity (Wildman–Crippen MR) is 72.2 cm³/mol. The van der Waals surface area contributed by atoms with Crippen LogP contribution >= 0.6 is 0 Å². The summed E-state index contributed by atoms with van der Waals surface area (Å²) >= 11 is 0. The van der Waals surface area contributed by atoms with Gasteiger partial charge >= 0.3 is 0 Å². The van der Waals surface area contributed by atoms with Crippen LogP contribution in [0.1, 0.15) is 19.5 Å². The van der Waals surface area contributed by atoms with Crippen molar-refractivity contribution >= 4 is 11.5 Å². The molecule has 0 bridgehead atoms. The molecule has 2 rings (SSSR count). The highest BCUT2D eigenvalue weighted by atomic mass is 16.5. The van der Waals surface area contributed by atoms with E-state index in [4.69, 9.17) is 10.00 Å². The molecule has 1 aromatic carbocycles. The van der Waals surface area contributed by atoms with E-state index < -0.39 is 0 Å². The van der Waals surface area contributed by atoms with Crippen molar-refractivity contribution in [3.05, 3.63) is 42.4 Å². The number of benzene rings is 1.